The number of para-hydroxylation sites is 1. The Labute approximate surface area is 102 Å². The molecule has 4 heteroatoms. The average molecular weight is 237 g/mol. The number of carbonyl (C=O) groups excluding carboxylic acids is 1. The van der Waals surface area contributed by atoms with Crippen LogP contribution in [0.1, 0.15) is 22.8 Å². The maximum atomic E-state index is 11.8. The quantitative estimate of drug-likeness (QED) is 0.819. The minimum absolute atomic E-state index is 0.0457. The normalized spacial score (nSPS) is 12.2. The number of ether oxygens (including phenoxy) is 1. The Morgan fingerprint density at radius 1 is 1.53 bits per heavy atom. The molecule has 94 valence electrons. The molecule has 1 aromatic rings. The fraction of sp³-hybridized carbons (Fsp3) is 0.462. The van der Waals surface area contributed by atoms with Gasteiger partial charge >= 0.3 is 0 Å². The van der Waals surface area contributed by atoms with E-state index in [2.05, 4.69) is 5.32 Å². The van der Waals surface area contributed by atoms with E-state index in [0.717, 1.165) is 0 Å². The first-order valence-electron chi connectivity index (χ1n) is 5.62. The average Bonchev–Trinajstić information content (AvgIpc) is 2.30. The van der Waals surface area contributed by atoms with Crippen LogP contribution in [0.3, 0.4) is 0 Å². The van der Waals surface area contributed by atoms with E-state index in [4.69, 9.17) is 4.74 Å². The van der Waals surface area contributed by atoms with Gasteiger partial charge in [-0.1, -0.05) is 19.1 Å². The van der Waals surface area contributed by atoms with Gasteiger partial charge in [0.15, 0.2) is 0 Å². The lowest BCUT2D eigenvalue weighted by Crippen LogP contribution is -2.30. The van der Waals surface area contributed by atoms with Crippen LogP contribution < -0.4 is 5.32 Å². The van der Waals surface area contributed by atoms with Crippen molar-refractivity contribution in [3.8, 4) is 5.75 Å². The molecule has 17 heavy (non-hydrogen) atoms. The second kappa shape index (κ2) is 6.25. The Balaban J connectivity index is 2.61. The van der Waals surface area contributed by atoms with Crippen LogP contribution in [0.2, 0.25) is 0 Å². The lowest BCUT2D eigenvalue weighted by Gasteiger charge is -2.12. The second-order valence-corrected chi connectivity index (χ2v) is 4.24. The molecule has 0 saturated heterocycles. The standard InChI is InChI=1S/C13H19NO3/c1-9(8-17-3)7-14-13(16)11-6-4-5-10(2)12(11)15/h4-6,9,15H,7-8H2,1-3H3,(H,14,16). The molecule has 0 heterocycles. The Morgan fingerprint density at radius 3 is 2.88 bits per heavy atom. The summed E-state index contributed by atoms with van der Waals surface area (Å²) >= 11 is 0. The van der Waals surface area contributed by atoms with Crippen molar-refractivity contribution < 1.29 is 14.6 Å². The molecule has 0 aromatic heterocycles. The molecule has 0 aliphatic rings. The van der Waals surface area contributed by atoms with Crippen molar-refractivity contribution in [1.82, 2.24) is 5.32 Å². The third kappa shape index (κ3) is 3.75. The van der Waals surface area contributed by atoms with E-state index < -0.39 is 0 Å². The van der Waals surface area contributed by atoms with Crippen molar-refractivity contribution in [1.29, 1.82) is 0 Å². The molecule has 0 saturated carbocycles. The summed E-state index contributed by atoms with van der Waals surface area (Å²) in [6.45, 7) is 4.87. The molecule has 0 spiro atoms. The van der Waals surface area contributed by atoms with Gasteiger partial charge in [-0.25, -0.2) is 0 Å². The SMILES string of the molecule is COCC(C)CNC(=O)c1cccc(C)c1O. The first-order chi connectivity index (χ1) is 8.06. The first-order valence-corrected chi connectivity index (χ1v) is 5.62. The number of methoxy groups -OCH3 is 1. The van der Waals surface area contributed by atoms with Gasteiger partial charge in [-0.05, 0) is 24.5 Å². The fourth-order valence-corrected chi connectivity index (χ4v) is 1.55. The largest absolute Gasteiger partial charge is 0.507 e. The minimum Gasteiger partial charge on any atom is -0.507 e. The number of nitrogens with one attached hydrogen (secondary N) is 1. The van der Waals surface area contributed by atoms with Crippen molar-refractivity contribution in [3.63, 3.8) is 0 Å². The zero-order valence-corrected chi connectivity index (χ0v) is 10.5. The summed E-state index contributed by atoms with van der Waals surface area (Å²) in [6, 6.07) is 5.13. The molecule has 1 rings (SSSR count). The lowest BCUT2D eigenvalue weighted by atomic mass is 10.1. The van der Waals surface area contributed by atoms with E-state index in [0.29, 0.717) is 24.3 Å². The summed E-state index contributed by atoms with van der Waals surface area (Å²) < 4.78 is 4.98. The van der Waals surface area contributed by atoms with E-state index in [1.165, 1.54) is 0 Å². The fourth-order valence-electron chi connectivity index (χ4n) is 1.55. The molecular formula is C13H19NO3. The highest BCUT2D eigenvalue weighted by molar-refractivity contribution is 5.97. The molecule has 1 unspecified atom stereocenters. The predicted octanol–water partition coefficient (Wildman–Crippen LogP) is 1.71. The van der Waals surface area contributed by atoms with Gasteiger partial charge < -0.3 is 15.2 Å². The summed E-state index contributed by atoms with van der Waals surface area (Å²) in [5, 5.41) is 12.5. The summed E-state index contributed by atoms with van der Waals surface area (Å²) in [4.78, 5) is 11.8. The van der Waals surface area contributed by atoms with Gasteiger partial charge in [-0.15, -0.1) is 0 Å². The number of phenols is 1. The maximum Gasteiger partial charge on any atom is 0.255 e. The van der Waals surface area contributed by atoms with Gasteiger partial charge in [0.05, 0.1) is 12.2 Å². The van der Waals surface area contributed by atoms with E-state index in [1.807, 2.05) is 6.92 Å². The predicted molar refractivity (Wildman–Crippen MR) is 66.2 cm³/mol. The maximum absolute atomic E-state index is 11.8. The third-order valence-electron chi connectivity index (χ3n) is 2.54. The zero-order chi connectivity index (χ0) is 12.8. The van der Waals surface area contributed by atoms with Crippen LogP contribution >= 0.6 is 0 Å². The van der Waals surface area contributed by atoms with Gasteiger partial charge in [0.25, 0.3) is 5.91 Å². The van der Waals surface area contributed by atoms with Gasteiger partial charge in [0.2, 0.25) is 0 Å². The van der Waals surface area contributed by atoms with Crippen LogP contribution in [0, 0.1) is 12.8 Å². The number of benzene rings is 1. The Kier molecular flexibility index (Phi) is 4.97. The van der Waals surface area contributed by atoms with Crippen LogP contribution in [0.25, 0.3) is 0 Å². The summed E-state index contributed by atoms with van der Waals surface area (Å²) in [5.74, 6) is 0.0365. The molecule has 0 aliphatic heterocycles. The van der Waals surface area contributed by atoms with Gasteiger partial charge in [0.1, 0.15) is 5.75 Å². The Hall–Kier alpha value is -1.55. The van der Waals surface area contributed by atoms with E-state index in [-0.39, 0.29) is 17.6 Å². The molecular weight excluding hydrogens is 218 g/mol. The van der Waals surface area contributed by atoms with Gasteiger partial charge in [0, 0.05) is 13.7 Å². The second-order valence-electron chi connectivity index (χ2n) is 4.24. The number of amides is 1. The third-order valence-corrected chi connectivity index (χ3v) is 2.54. The minimum atomic E-state index is -0.255. The van der Waals surface area contributed by atoms with Crippen molar-refractivity contribution in [2.24, 2.45) is 5.92 Å². The Bertz CT molecular complexity index is 390. The van der Waals surface area contributed by atoms with Crippen LogP contribution in [-0.2, 0) is 4.74 Å². The van der Waals surface area contributed by atoms with Crippen LogP contribution in [0.15, 0.2) is 18.2 Å². The molecule has 1 aromatic carbocycles. The van der Waals surface area contributed by atoms with E-state index in [1.54, 1.807) is 32.2 Å². The van der Waals surface area contributed by atoms with Gasteiger partial charge in [-0.2, -0.15) is 0 Å². The summed E-state index contributed by atoms with van der Waals surface area (Å²) in [6.07, 6.45) is 0. The number of aryl methyl sites for hydroxylation is 1. The van der Waals surface area contributed by atoms with Crippen molar-refractivity contribution in [2.75, 3.05) is 20.3 Å². The van der Waals surface area contributed by atoms with Crippen LogP contribution in [0.4, 0.5) is 0 Å². The number of phenolic OH excluding ortho intramolecular Hbond substituents is 1. The van der Waals surface area contributed by atoms with E-state index in [9.17, 15) is 9.90 Å². The number of rotatable bonds is 5. The lowest BCUT2D eigenvalue weighted by molar-refractivity contribution is 0.0931. The monoisotopic (exact) mass is 237 g/mol. The summed E-state index contributed by atoms with van der Waals surface area (Å²) in [5.41, 5.74) is 1.01. The zero-order valence-electron chi connectivity index (χ0n) is 10.5. The number of carbonyl (C=O) groups is 1. The molecule has 2 N–H and O–H groups in total. The molecule has 0 radical (unpaired) electrons. The van der Waals surface area contributed by atoms with Gasteiger partial charge in [-0.3, -0.25) is 4.79 Å². The molecule has 1 atom stereocenters. The number of hydrogen-bond acceptors (Lipinski definition) is 3. The van der Waals surface area contributed by atoms with Crippen molar-refractivity contribution >= 4 is 5.91 Å². The highest BCUT2D eigenvalue weighted by Crippen LogP contribution is 2.20. The first kappa shape index (κ1) is 13.5. The highest BCUT2D eigenvalue weighted by Gasteiger charge is 2.12. The molecule has 1 amide bonds. The summed E-state index contributed by atoms with van der Waals surface area (Å²) in [7, 11) is 1.63. The molecule has 0 fully saturated rings. The van der Waals surface area contributed by atoms with Crippen LogP contribution in [0.5, 0.6) is 5.75 Å². The smallest absolute Gasteiger partial charge is 0.255 e. The molecule has 4 nitrogen and oxygen atoms in total. The highest BCUT2D eigenvalue weighted by atomic mass is 16.5. The van der Waals surface area contributed by atoms with Crippen LogP contribution in [-0.4, -0.2) is 31.3 Å². The van der Waals surface area contributed by atoms with Crippen molar-refractivity contribution in [2.45, 2.75) is 13.8 Å². The molecule has 0 aliphatic carbocycles. The van der Waals surface area contributed by atoms with Crippen molar-refractivity contribution in [3.05, 3.63) is 29.3 Å². The topological polar surface area (TPSA) is 58.6 Å². The number of hydrogen-bond donors (Lipinski definition) is 2. The molecule has 0 bridgehead atoms. The van der Waals surface area contributed by atoms with E-state index >= 15 is 0 Å². The number of aromatic hydroxyl groups is 1. The Morgan fingerprint density at radius 2 is 2.24 bits per heavy atom.